The third-order valence-electron chi connectivity index (χ3n) is 4.97. The molecule has 1 unspecified atom stereocenters. The summed E-state index contributed by atoms with van der Waals surface area (Å²) in [5, 5.41) is 9.01. The van der Waals surface area contributed by atoms with Gasteiger partial charge in [0.15, 0.2) is 0 Å². The molecule has 0 aliphatic heterocycles. The van der Waals surface area contributed by atoms with Crippen LogP contribution in [-0.2, 0) is 4.79 Å². The van der Waals surface area contributed by atoms with Crippen LogP contribution in [0.4, 0.5) is 0 Å². The molecular formula is C26H38O4. The summed E-state index contributed by atoms with van der Waals surface area (Å²) in [6.07, 6.45) is 1.89. The van der Waals surface area contributed by atoms with Crippen molar-refractivity contribution in [3.8, 4) is 17.2 Å². The van der Waals surface area contributed by atoms with Crippen LogP contribution in [-0.4, -0.2) is 16.7 Å². The average molecular weight is 415 g/mol. The molecule has 0 saturated carbocycles. The molecule has 0 heterocycles. The van der Waals surface area contributed by atoms with Crippen molar-refractivity contribution in [3.63, 3.8) is 0 Å². The van der Waals surface area contributed by atoms with Gasteiger partial charge >= 0.3 is 5.97 Å². The maximum Gasteiger partial charge on any atom is 0.316 e. The van der Waals surface area contributed by atoms with E-state index in [9.17, 15) is 4.79 Å². The number of benzene rings is 2. The van der Waals surface area contributed by atoms with E-state index in [2.05, 4.69) is 13.8 Å². The first-order chi connectivity index (χ1) is 13.9. The lowest BCUT2D eigenvalue weighted by atomic mass is 9.91. The van der Waals surface area contributed by atoms with Gasteiger partial charge in [0, 0.05) is 0 Å². The normalized spacial score (nSPS) is 12.4. The van der Waals surface area contributed by atoms with Crippen LogP contribution in [0.25, 0.3) is 0 Å². The van der Waals surface area contributed by atoms with Crippen molar-refractivity contribution in [1.82, 2.24) is 0 Å². The monoisotopic (exact) mass is 414 g/mol. The summed E-state index contributed by atoms with van der Waals surface area (Å²) in [5.74, 6) is 2.04. The molecule has 0 bridgehead atoms. The molecule has 2 aromatic rings. The minimum absolute atomic E-state index is 0.209. The van der Waals surface area contributed by atoms with Gasteiger partial charge in [-0.3, -0.25) is 4.79 Å². The maximum absolute atomic E-state index is 11.9. The molecule has 2 aromatic carbocycles. The molecule has 1 atom stereocenters. The number of esters is 1. The molecule has 1 N–H and O–H groups in total. The Morgan fingerprint density at radius 1 is 0.900 bits per heavy atom. The number of phenols is 1. The molecule has 0 aromatic heterocycles. The number of aromatic hydroxyl groups is 1. The highest BCUT2D eigenvalue weighted by atomic mass is 16.5. The Labute approximate surface area is 182 Å². The molecule has 0 amide bonds. The summed E-state index contributed by atoms with van der Waals surface area (Å²) < 4.78 is 11.1. The Morgan fingerprint density at radius 3 is 1.83 bits per heavy atom. The SMILES string of the molecule is CCC(C)(C)C(=O)Oc1ccc(OC(C)(C)C)cc1.CCC(C)c1ccc(O)cc1. The average Bonchev–Trinajstić information content (AvgIpc) is 2.68. The van der Waals surface area contributed by atoms with E-state index < -0.39 is 5.41 Å². The molecule has 0 aliphatic carbocycles. The number of phenolic OH excluding ortho intramolecular Hbond substituents is 1. The van der Waals surface area contributed by atoms with Crippen LogP contribution in [0, 0.1) is 5.41 Å². The van der Waals surface area contributed by atoms with Gasteiger partial charge in [0.2, 0.25) is 0 Å². The third kappa shape index (κ3) is 8.89. The number of carbonyl (C=O) groups excluding carboxylic acids is 1. The highest BCUT2D eigenvalue weighted by molar-refractivity contribution is 5.78. The second-order valence-corrected chi connectivity index (χ2v) is 9.21. The number of ether oxygens (including phenoxy) is 2. The highest BCUT2D eigenvalue weighted by Gasteiger charge is 2.27. The van der Waals surface area contributed by atoms with Crippen LogP contribution < -0.4 is 9.47 Å². The van der Waals surface area contributed by atoms with Gasteiger partial charge in [0.1, 0.15) is 22.8 Å². The quantitative estimate of drug-likeness (QED) is 0.404. The third-order valence-corrected chi connectivity index (χ3v) is 4.97. The molecular weight excluding hydrogens is 376 g/mol. The molecule has 0 spiro atoms. The number of hydrogen-bond acceptors (Lipinski definition) is 4. The Balaban J connectivity index is 0.000000346. The zero-order chi connectivity index (χ0) is 22.9. The van der Waals surface area contributed by atoms with Crippen LogP contribution >= 0.6 is 0 Å². The van der Waals surface area contributed by atoms with Crippen molar-refractivity contribution in [1.29, 1.82) is 0 Å². The lowest BCUT2D eigenvalue weighted by Gasteiger charge is -2.22. The van der Waals surface area contributed by atoms with E-state index in [4.69, 9.17) is 14.6 Å². The predicted molar refractivity (Wildman–Crippen MR) is 123 cm³/mol. The molecule has 0 radical (unpaired) electrons. The van der Waals surface area contributed by atoms with Crippen molar-refractivity contribution in [2.75, 3.05) is 0 Å². The van der Waals surface area contributed by atoms with Gasteiger partial charge in [-0.15, -0.1) is 0 Å². The summed E-state index contributed by atoms with van der Waals surface area (Å²) >= 11 is 0. The van der Waals surface area contributed by atoms with Gasteiger partial charge in [0.05, 0.1) is 5.41 Å². The first kappa shape index (κ1) is 25.5. The Morgan fingerprint density at radius 2 is 1.40 bits per heavy atom. The fraction of sp³-hybridized carbons (Fsp3) is 0.500. The topological polar surface area (TPSA) is 55.8 Å². The Kier molecular flexibility index (Phi) is 9.41. The van der Waals surface area contributed by atoms with Gasteiger partial charge < -0.3 is 14.6 Å². The van der Waals surface area contributed by atoms with E-state index in [0.29, 0.717) is 17.4 Å². The Bertz CT molecular complexity index is 768. The van der Waals surface area contributed by atoms with E-state index in [1.165, 1.54) is 5.56 Å². The zero-order valence-corrected chi connectivity index (χ0v) is 19.8. The molecule has 4 heteroatoms. The van der Waals surface area contributed by atoms with Gasteiger partial charge in [-0.2, -0.15) is 0 Å². The van der Waals surface area contributed by atoms with E-state index in [-0.39, 0.29) is 11.6 Å². The highest BCUT2D eigenvalue weighted by Crippen LogP contribution is 2.26. The fourth-order valence-corrected chi connectivity index (χ4v) is 2.36. The molecule has 30 heavy (non-hydrogen) atoms. The lowest BCUT2D eigenvalue weighted by Crippen LogP contribution is -2.28. The van der Waals surface area contributed by atoms with Gasteiger partial charge in [-0.1, -0.05) is 32.9 Å². The van der Waals surface area contributed by atoms with Crippen LogP contribution in [0.1, 0.15) is 79.7 Å². The summed E-state index contributed by atoms with van der Waals surface area (Å²) in [6.45, 7) is 16.1. The fourth-order valence-electron chi connectivity index (χ4n) is 2.36. The van der Waals surface area contributed by atoms with Crippen LogP contribution in [0.3, 0.4) is 0 Å². The summed E-state index contributed by atoms with van der Waals surface area (Å²) in [4.78, 5) is 11.9. The van der Waals surface area contributed by atoms with E-state index in [1.807, 2.05) is 65.8 Å². The molecule has 4 nitrogen and oxygen atoms in total. The van der Waals surface area contributed by atoms with Crippen LogP contribution in [0.2, 0.25) is 0 Å². The standard InChI is InChI=1S/C16H24O3.C10H14O/c1-7-16(5,6)14(17)18-12-8-10-13(11-9-12)19-15(2,3)4;1-3-8(2)9-4-6-10(11)7-5-9/h8-11H,7H2,1-6H3;4-8,11H,3H2,1-2H3. The Hall–Kier alpha value is -2.49. The first-order valence-electron chi connectivity index (χ1n) is 10.7. The van der Waals surface area contributed by atoms with E-state index in [1.54, 1.807) is 24.3 Å². The minimum Gasteiger partial charge on any atom is -0.508 e. The largest absolute Gasteiger partial charge is 0.508 e. The maximum atomic E-state index is 11.9. The van der Waals surface area contributed by atoms with Gasteiger partial charge in [0.25, 0.3) is 0 Å². The van der Waals surface area contributed by atoms with E-state index >= 15 is 0 Å². The number of hydrogen-bond donors (Lipinski definition) is 1. The molecule has 166 valence electrons. The van der Waals surface area contributed by atoms with Gasteiger partial charge in [-0.25, -0.2) is 0 Å². The molecule has 0 fully saturated rings. The molecule has 2 rings (SSSR count). The second kappa shape index (κ2) is 11.1. The van der Waals surface area contributed by atoms with Crippen molar-refractivity contribution < 1.29 is 19.4 Å². The zero-order valence-electron chi connectivity index (χ0n) is 19.8. The van der Waals surface area contributed by atoms with Crippen LogP contribution in [0.15, 0.2) is 48.5 Å². The predicted octanol–water partition coefficient (Wildman–Crippen LogP) is 7.11. The van der Waals surface area contributed by atoms with Crippen molar-refractivity contribution in [2.45, 2.75) is 79.8 Å². The van der Waals surface area contributed by atoms with Gasteiger partial charge in [-0.05, 0) is 95.3 Å². The van der Waals surface area contributed by atoms with Crippen molar-refractivity contribution >= 4 is 5.97 Å². The number of rotatable bonds is 6. The van der Waals surface area contributed by atoms with Crippen LogP contribution in [0.5, 0.6) is 17.2 Å². The van der Waals surface area contributed by atoms with Crippen molar-refractivity contribution in [3.05, 3.63) is 54.1 Å². The molecule has 0 aliphatic rings. The van der Waals surface area contributed by atoms with E-state index in [0.717, 1.165) is 18.6 Å². The van der Waals surface area contributed by atoms with Crippen molar-refractivity contribution in [2.24, 2.45) is 5.41 Å². The minimum atomic E-state index is -0.458. The second-order valence-electron chi connectivity index (χ2n) is 9.21. The number of carbonyl (C=O) groups is 1. The summed E-state index contributed by atoms with van der Waals surface area (Å²) in [7, 11) is 0. The smallest absolute Gasteiger partial charge is 0.316 e. The first-order valence-corrected chi connectivity index (χ1v) is 10.7. The molecule has 0 saturated heterocycles. The summed E-state index contributed by atoms with van der Waals surface area (Å²) in [5.41, 5.74) is 0.605. The lowest BCUT2D eigenvalue weighted by molar-refractivity contribution is -0.144. The summed E-state index contributed by atoms with van der Waals surface area (Å²) in [6, 6.07) is 14.6.